The molecule has 6 nitrogen and oxygen atoms in total. The molecule has 138 valence electrons. The zero-order valence-corrected chi connectivity index (χ0v) is 15.3. The van der Waals surface area contributed by atoms with Crippen molar-refractivity contribution >= 4 is 16.9 Å². The van der Waals surface area contributed by atoms with E-state index in [1.807, 2.05) is 34.9 Å². The number of hydrogen-bond acceptors (Lipinski definition) is 5. The number of nitriles is 1. The molecule has 0 saturated heterocycles. The van der Waals surface area contributed by atoms with Crippen LogP contribution in [0.25, 0.3) is 16.6 Å². The standard InChI is InChI=1S/C21H20N2O4/c1-3-26-21(24)15-4-6-17(7-5-15)23-14-16(13-22)19-9-8-18(12-20(19)23)27-11-10-25-2/h4-9,12,14H,3,10-11H2,1-2H3. The van der Waals surface area contributed by atoms with Gasteiger partial charge in [0.25, 0.3) is 0 Å². The van der Waals surface area contributed by atoms with Crippen molar-refractivity contribution in [2.24, 2.45) is 0 Å². The number of esters is 1. The number of aromatic nitrogens is 1. The van der Waals surface area contributed by atoms with Crippen LogP contribution in [0.4, 0.5) is 0 Å². The van der Waals surface area contributed by atoms with Gasteiger partial charge < -0.3 is 18.8 Å². The van der Waals surface area contributed by atoms with Crippen molar-refractivity contribution in [1.82, 2.24) is 4.57 Å². The quantitative estimate of drug-likeness (QED) is 0.472. The molecular weight excluding hydrogens is 344 g/mol. The SMILES string of the molecule is CCOC(=O)c1ccc(-n2cc(C#N)c3ccc(OCCOC)cc32)cc1. The van der Waals surface area contributed by atoms with E-state index in [4.69, 9.17) is 14.2 Å². The van der Waals surface area contributed by atoms with E-state index in [2.05, 4.69) is 6.07 Å². The lowest BCUT2D eigenvalue weighted by Gasteiger charge is -2.09. The second kappa shape index (κ2) is 8.39. The molecule has 6 heteroatoms. The highest BCUT2D eigenvalue weighted by Gasteiger charge is 2.12. The second-order valence-electron chi connectivity index (χ2n) is 5.81. The lowest BCUT2D eigenvalue weighted by Crippen LogP contribution is -2.05. The fourth-order valence-electron chi connectivity index (χ4n) is 2.81. The van der Waals surface area contributed by atoms with Gasteiger partial charge in [-0.15, -0.1) is 0 Å². The topological polar surface area (TPSA) is 73.5 Å². The van der Waals surface area contributed by atoms with Crippen LogP contribution in [0.5, 0.6) is 5.75 Å². The summed E-state index contributed by atoms with van der Waals surface area (Å²) in [6.07, 6.45) is 1.78. The second-order valence-corrected chi connectivity index (χ2v) is 5.81. The molecule has 3 aromatic rings. The fourth-order valence-corrected chi connectivity index (χ4v) is 2.81. The van der Waals surface area contributed by atoms with Gasteiger partial charge in [-0.1, -0.05) is 0 Å². The molecule has 0 aliphatic rings. The van der Waals surface area contributed by atoms with E-state index in [-0.39, 0.29) is 5.97 Å². The summed E-state index contributed by atoms with van der Waals surface area (Å²) >= 11 is 0. The molecule has 1 aromatic heterocycles. The summed E-state index contributed by atoms with van der Waals surface area (Å²) in [6, 6.07) is 14.9. The van der Waals surface area contributed by atoms with E-state index in [1.165, 1.54) is 0 Å². The predicted molar refractivity (Wildman–Crippen MR) is 101 cm³/mol. The lowest BCUT2D eigenvalue weighted by atomic mass is 10.2. The Morgan fingerprint density at radius 2 is 1.93 bits per heavy atom. The van der Waals surface area contributed by atoms with E-state index in [0.717, 1.165) is 16.6 Å². The van der Waals surface area contributed by atoms with E-state index < -0.39 is 0 Å². The van der Waals surface area contributed by atoms with Gasteiger partial charge in [-0.25, -0.2) is 4.79 Å². The van der Waals surface area contributed by atoms with E-state index in [0.29, 0.717) is 36.7 Å². The largest absolute Gasteiger partial charge is 0.491 e. The highest BCUT2D eigenvalue weighted by atomic mass is 16.5. The van der Waals surface area contributed by atoms with Crippen LogP contribution in [0, 0.1) is 11.3 Å². The normalized spacial score (nSPS) is 10.6. The molecule has 1 heterocycles. The Labute approximate surface area is 157 Å². The number of rotatable bonds is 7. The first-order chi connectivity index (χ1) is 13.2. The summed E-state index contributed by atoms with van der Waals surface area (Å²) in [5, 5.41) is 10.3. The van der Waals surface area contributed by atoms with Crippen molar-refractivity contribution in [3.63, 3.8) is 0 Å². The molecule has 0 spiro atoms. The molecule has 0 fully saturated rings. The summed E-state index contributed by atoms with van der Waals surface area (Å²) < 4.78 is 17.6. The van der Waals surface area contributed by atoms with Gasteiger partial charge >= 0.3 is 5.97 Å². The molecule has 2 aromatic carbocycles. The number of carbonyl (C=O) groups is 1. The molecule has 3 rings (SSSR count). The summed E-state index contributed by atoms with van der Waals surface area (Å²) in [5.41, 5.74) is 2.75. The number of hydrogen-bond donors (Lipinski definition) is 0. The summed E-state index contributed by atoms with van der Waals surface area (Å²) in [7, 11) is 1.62. The van der Waals surface area contributed by atoms with Crippen LogP contribution in [-0.4, -0.2) is 37.5 Å². The van der Waals surface area contributed by atoms with Gasteiger partial charge in [0.15, 0.2) is 0 Å². The van der Waals surface area contributed by atoms with Gasteiger partial charge in [0, 0.05) is 30.4 Å². The van der Waals surface area contributed by atoms with Gasteiger partial charge in [0.2, 0.25) is 0 Å². The molecular formula is C21H20N2O4. The molecule has 0 aliphatic heterocycles. The van der Waals surface area contributed by atoms with Crippen molar-refractivity contribution in [2.75, 3.05) is 26.9 Å². The zero-order valence-electron chi connectivity index (χ0n) is 15.3. The van der Waals surface area contributed by atoms with Crippen LogP contribution in [0.15, 0.2) is 48.7 Å². The number of benzene rings is 2. The van der Waals surface area contributed by atoms with Crippen LogP contribution < -0.4 is 4.74 Å². The Kier molecular flexibility index (Phi) is 5.74. The molecule has 0 bridgehead atoms. The Hall–Kier alpha value is -3.30. The number of ether oxygens (including phenoxy) is 3. The van der Waals surface area contributed by atoms with E-state index >= 15 is 0 Å². The van der Waals surface area contributed by atoms with Crippen molar-refractivity contribution < 1.29 is 19.0 Å². The maximum Gasteiger partial charge on any atom is 0.338 e. The Morgan fingerprint density at radius 3 is 2.59 bits per heavy atom. The Bertz CT molecular complexity index is 984. The first-order valence-electron chi connectivity index (χ1n) is 8.62. The summed E-state index contributed by atoms with van der Waals surface area (Å²) in [5.74, 6) is 0.347. The van der Waals surface area contributed by atoms with Crippen LogP contribution in [0.3, 0.4) is 0 Å². The number of fused-ring (bicyclic) bond motifs is 1. The first-order valence-corrected chi connectivity index (χ1v) is 8.62. The molecule has 0 saturated carbocycles. The van der Waals surface area contributed by atoms with Crippen LogP contribution in [0.2, 0.25) is 0 Å². The molecule has 0 radical (unpaired) electrons. The fraction of sp³-hybridized carbons (Fsp3) is 0.238. The van der Waals surface area contributed by atoms with Crippen molar-refractivity contribution in [3.8, 4) is 17.5 Å². The molecule has 27 heavy (non-hydrogen) atoms. The highest BCUT2D eigenvalue weighted by Crippen LogP contribution is 2.28. The van der Waals surface area contributed by atoms with Gasteiger partial charge in [-0.3, -0.25) is 0 Å². The van der Waals surface area contributed by atoms with Gasteiger partial charge in [0.1, 0.15) is 18.4 Å². The third kappa shape index (κ3) is 3.94. The number of methoxy groups -OCH3 is 1. The van der Waals surface area contributed by atoms with Crippen LogP contribution >= 0.6 is 0 Å². The van der Waals surface area contributed by atoms with E-state index in [1.54, 1.807) is 32.4 Å². The molecule has 0 N–H and O–H groups in total. The zero-order chi connectivity index (χ0) is 19.2. The number of nitrogens with zero attached hydrogens (tertiary/aromatic N) is 2. The molecule has 0 unspecified atom stereocenters. The Morgan fingerprint density at radius 1 is 1.15 bits per heavy atom. The molecule has 0 aliphatic carbocycles. The Balaban J connectivity index is 1.98. The van der Waals surface area contributed by atoms with Gasteiger partial charge in [-0.05, 0) is 43.3 Å². The van der Waals surface area contributed by atoms with Crippen LogP contribution in [-0.2, 0) is 9.47 Å². The summed E-state index contributed by atoms with van der Waals surface area (Å²) in [4.78, 5) is 11.8. The average Bonchev–Trinajstić information content (AvgIpc) is 3.06. The first kappa shape index (κ1) is 18.5. The van der Waals surface area contributed by atoms with Crippen LogP contribution in [0.1, 0.15) is 22.8 Å². The number of carbonyl (C=O) groups excluding carboxylic acids is 1. The minimum atomic E-state index is -0.354. The molecule has 0 atom stereocenters. The monoisotopic (exact) mass is 364 g/mol. The van der Waals surface area contributed by atoms with Gasteiger partial charge in [-0.2, -0.15) is 5.26 Å². The summed E-state index contributed by atoms with van der Waals surface area (Å²) in [6.45, 7) is 3.05. The van der Waals surface area contributed by atoms with Crippen molar-refractivity contribution in [3.05, 3.63) is 59.8 Å². The minimum absolute atomic E-state index is 0.334. The smallest absolute Gasteiger partial charge is 0.338 e. The maximum absolute atomic E-state index is 11.8. The predicted octanol–water partition coefficient (Wildman–Crippen LogP) is 3.70. The average molecular weight is 364 g/mol. The third-order valence-electron chi connectivity index (χ3n) is 4.11. The van der Waals surface area contributed by atoms with E-state index in [9.17, 15) is 10.1 Å². The minimum Gasteiger partial charge on any atom is -0.491 e. The lowest BCUT2D eigenvalue weighted by molar-refractivity contribution is 0.0526. The third-order valence-corrected chi connectivity index (χ3v) is 4.11. The van der Waals surface area contributed by atoms with Crippen molar-refractivity contribution in [1.29, 1.82) is 5.26 Å². The van der Waals surface area contributed by atoms with Gasteiger partial charge in [0.05, 0.1) is 29.9 Å². The highest BCUT2D eigenvalue weighted by molar-refractivity contribution is 5.91. The van der Waals surface area contributed by atoms with Crippen molar-refractivity contribution in [2.45, 2.75) is 6.92 Å². The molecule has 0 amide bonds. The maximum atomic E-state index is 11.8.